The maximum atomic E-state index is 12.8. The van der Waals surface area contributed by atoms with E-state index in [1.807, 2.05) is 60.2 Å². The molecule has 1 fully saturated rings. The normalized spacial score (nSPS) is 17.8. The van der Waals surface area contributed by atoms with Gasteiger partial charge in [-0.3, -0.25) is 9.48 Å². The summed E-state index contributed by atoms with van der Waals surface area (Å²) in [5, 5.41) is 4.24. The Labute approximate surface area is 140 Å². The molecule has 0 bridgehead atoms. The number of aryl methyl sites for hydroxylation is 2. The second-order valence-corrected chi connectivity index (χ2v) is 6.52. The Hall–Kier alpha value is -2.63. The minimum Gasteiger partial charge on any atom is -0.335 e. The highest BCUT2D eigenvalue weighted by molar-refractivity contribution is 5.79. The van der Waals surface area contributed by atoms with Crippen LogP contribution in [0.15, 0.2) is 36.9 Å². The molecule has 1 atom stereocenters. The number of amides is 1. The van der Waals surface area contributed by atoms with Gasteiger partial charge >= 0.3 is 0 Å². The van der Waals surface area contributed by atoms with E-state index in [4.69, 9.17) is 0 Å². The van der Waals surface area contributed by atoms with Crippen molar-refractivity contribution < 1.29 is 4.79 Å². The lowest BCUT2D eigenvalue weighted by atomic mass is 10.1. The monoisotopic (exact) mass is 323 g/mol. The van der Waals surface area contributed by atoms with E-state index < -0.39 is 0 Å². The standard InChI is InChI=1S/C18H21N5O/c1-13-5-3-7-22-12-15(20-18(13)22)9-17(24)23-8-4-6-16(23)14-10-19-21(2)11-14/h3,5,7,10-12,16H,4,6,8-9H2,1-2H3/t16-/m0/s1. The predicted octanol–water partition coefficient (Wildman–Crippen LogP) is 2.28. The van der Waals surface area contributed by atoms with Crippen molar-refractivity contribution in [3.8, 4) is 0 Å². The van der Waals surface area contributed by atoms with Crippen LogP contribution < -0.4 is 0 Å². The molecule has 1 amide bonds. The Morgan fingerprint density at radius 2 is 2.25 bits per heavy atom. The van der Waals surface area contributed by atoms with Gasteiger partial charge < -0.3 is 9.30 Å². The summed E-state index contributed by atoms with van der Waals surface area (Å²) in [5.41, 5.74) is 3.98. The molecule has 6 nitrogen and oxygen atoms in total. The van der Waals surface area contributed by atoms with Crippen LogP contribution in [0.4, 0.5) is 0 Å². The highest BCUT2D eigenvalue weighted by Crippen LogP contribution is 2.32. The van der Waals surface area contributed by atoms with E-state index in [0.29, 0.717) is 6.42 Å². The van der Waals surface area contributed by atoms with Crippen LogP contribution in [0.25, 0.3) is 5.65 Å². The van der Waals surface area contributed by atoms with Gasteiger partial charge in [0.15, 0.2) is 0 Å². The first-order chi connectivity index (χ1) is 11.6. The van der Waals surface area contributed by atoms with E-state index in [9.17, 15) is 4.79 Å². The molecule has 124 valence electrons. The summed E-state index contributed by atoms with van der Waals surface area (Å²) in [5.74, 6) is 0.141. The first-order valence-electron chi connectivity index (χ1n) is 8.33. The second-order valence-electron chi connectivity index (χ2n) is 6.52. The van der Waals surface area contributed by atoms with E-state index in [0.717, 1.165) is 41.9 Å². The van der Waals surface area contributed by atoms with E-state index in [1.165, 1.54) is 0 Å². The molecule has 6 heteroatoms. The van der Waals surface area contributed by atoms with Crippen LogP contribution in [0.3, 0.4) is 0 Å². The molecule has 0 N–H and O–H groups in total. The summed E-state index contributed by atoms with van der Waals surface area (Å²) < 4.78 is 3.78. The number of likely N-dealkylation sites (tertiary alicyclic amines) is 1. The quantitative estimate of drug-likeness (QED) is 0.743. The third-order valence-electron chi connectivity index (χ3n) is 4.74. The molecule has 24 heavy (non-hydrogen) atoms. The average molecular weight is 323 g/mol. The molecule has 1 aliphatic rings. The summed E-state index contributed by atoms with van der Waals surface area (Å²) >= 11 is 0. The van der Waals surface area contributed by atoms with Crippen LogP contribution in [0, 0.1) is 6.92 Å². The number of hydrogen-bond donors (Lipinski definition) is 0. The van der Waals surface area contributed by atoms with E-state index in [-0.39, 0.29) is 11.9 Å². The average Bonchev–Trinajstić information content (AvgIpc) is 3.25. The number of hydrogen-bond acceptors (Lipinski definition) is 3. The zero-order chi connectivity index (χ0) is 16.7. The van der Waals surface area contributed by atoms with Crippen molar-refractivity contribution in [1.82, 2.24) is 24.1 Å². The van der Waals surface area contributed by atoms with Gasteiger partial charge in [-0.25, -0.2) is 4.98 Å². The fraction of sp³-hybridized carbons (Fsp3) is 0.389. The summed E-state index contributed by atoms with van der Waals surface area (Å²) in [4.78, 5) is 19.4. The lowest BCUT2D eigenvalue weighted by Crippen LogP contribution is -2.31. The molecular formula is C18H21N5O. The first kappa shape index (κ1) is 14.9. The number of rotatable bonds is 3. The fourth-order valence-electron chi connectivity index (χ4n) is 3.57. The zero-order valence-electron chi connectivity index (χ0n) is 14.0. The van der Waals surface area contributed by atoms with Crippen LogP contribution >= 0.6 is 0 Å². The smallest absolute Gasteiger partial charge is 0.229 e. The molecule has 3 aromatic heterocycles. The SMILES string of the molecule is Cc1cccn2cc(CC(=O)N3CCC[C@H]3c3cnn(C)c3)nc12. The lowest BCUT2D eigenvalue weighted by molar-refractivity contribution is -0.131. The summed E-state index contributed by atoms with van der Waals surface area (Å²) in [6.45, 7) is 2.84. The molecule has 0 aromatic carbocycles. The molecular weight excluding hydrogens is 302 g/mol. The summed E-state index contributed by atoms with van der Waals surface area (Å²) in [6.07, 6.45) is 10.2. The molecule has 4 rings (SSSR count). The van der Waals surface area contributed by atoms with Crippen molar-refractivity contribution in [2.75, 3.05) is 6.54 Å². The van der Waals surface area contributed by atoms with Crippen LogP contribution in [-0.2, 0) is 18.3 Å². The van der Waals surface area contributed by atoms with Crippen LogP contribution in [0.5, 0.6) is 0 Å². The number of aromatic nitrogens is 4. The van der Waals surface area contributed by atoms with Gasteiger partial charge in [-0.1, -0.05) is 6.07 Å². The fourth-order valence-corrected chi connectivity index (χ4v) is 3.57. The number of carbonyl (C=O) groups excluding carboxylic acids is 1. The second kappa shape index (κ2) is 5.78. The van der Waals surface area contributed by atoms with Gasteiger partial charge in [0.05, 0.1) is 24.4 Å². The Kier molecular flexibility index (Phi) is 3.59. The van der Waals surface area contributed by atoms with Gasteiger partial charge in [0.1, 0.15) is 5.65 Å². The van der Waals surface area contributed by atoms with E-state index >= 15 is 0 Å². The molecule has 1 saturated heterocycles. The molecule has 1 aliphatic heterocycles. The van der Waals surface area contributed by atoms with Crippen LogP contribution in [-0.4, -0.2) is 36.5 Å². The van der Waals surface area contributed by atoms with Crippen molar-refractivity contribution >= 4 is 11.6 Å². The van der Waals surface area contributed by atoms with Gasteiger partial charge in [0.2, 0.25) is 5.91 Å². The zero-order valence-corrected chi connectivity index (χ0v) is 14.0. The first-order valence-corrected chi connectivity index (χ1v) is 8.33. The molecule has 3 aromatic rings. The minimum atomic E-state index is 0.141. The third kappa shape index (κ3) is 2.58. The van der Waals surface area contributed by atoms with Crippen LogP contribution in [0.1, 0.15) is 35.7 Å². The molecule has 0 radical (unpaired) electrons. The third-order valence-corrected chi connectivity index (χ3v) is 4.74. The molecule has 4 heterocycles. The van der Waals surface area contributed by atoms with Gasteiger partial charge in [0.25, 0.3) is 0 Å². The molecule has 0 spiro atoms. The van der Waals surface area contributed by atoms with Crippen molar-refractivity contribution in [3.63, 3.8) is 0 Å². The summed E-state index contributed by atoms with van der Waals surface area (Å²) in [6, 6.07) is 4.17. The maximum absolute atomic E-state index is 12.8. The Morgan fingerprint density at radius 1 is 1.38 bits per heavy atom. The highest BCUT2D eigenvalue weighted by Gasteiger charge is 2.30. The number of fused-ring (bicyclic) bond motifs is 1. The van der Waals surface area contributed by atoms with Crippen molar-refractivity contribution in [3.05, 3.63) is 53.7 Å². The van der Waals surface area contributed by atoms with Crippen molar-refractivity contribution in [2.24, 2.45) is 7.05 Å². The molecule has 0 unspecified atom stereocenters. The van der Waals surface area contributed by atoms with Crippen molar-refractivity contribution in [2.45, 2.75) is 32.2 Å². The number of nitrogens with zero attached hydrogens (tertiary/aromatic N) is 5. The summed E-state index contributed by atoms with van der Waals surface area (Å²) in [7, 11) is 1.91. The van der Waals surface area contributed by atoms with Gasteiger partial charge in [0, 0.05) is 37.7 Å². The van der Waals surface area contributed by atoms with Gasteiger partial charge in [-0.2, -0.15) is 5.10 Å². The van der Waals surface area contributed by atoms with E-state index in [2.05, 4.69) is 10.1 Å². The Bertz CT molecular complexity index is 894. The largest absolute Gasteiger partial charge is 0.335 e. The topological polar surface area (TPSA) is 55.4 Å². The Morgan fingerprint density at radius 3 is 3.00 bits per heavy atom. The van der Waals surface area contributed by atoms with Crippen molar-refractivity contribution in [1.29, 1.82) is 0 Å². The molecule has 0 aliphatic carbocycles. The van der Waals surface area contributed by atoms with Crippen LogP contribution in [0.2, 0.25) is 0 Å². The highest BCUT2D eigenvalue weighted by atomic mass is 16.2. The van der Waals surface area contributed by atoms with E-state index in [1.54, 1.807) is 4.68 Å². The maximum Gasteiger partial charge on any atom is 0.229 e. The predicted molar refractivity (Wildman–Crippen MR) is 90.5 cm³/mol. The number of imidazole rings is 1. The van der Waals surface area contributed by atoms with Gasteiger partial charge in [-0.05, 0) is 31.4 Å². The Balaban J connectivity index is 1.55. The number of pyridine rings is 1. The lowest BCUT2D eigenvalue weighted by Gasteiger charge is -2.23. The van der Waals surface area contributed by atoms with Gasteiger partial charge in [-0.15, -0.1) is 0 Å². The number of carbonyl (C=O) groups is 1. The molecule has 0 saturated carbocycles. The minimum absolute atomic E-state index is 0.141.